The fourth-order valence-corrected chi connectivity index (χ4v) is 2.23. The van der Waals surface area contributed by atoms with Crippen LogP contribution in [0.25, 0.3) is 5.69 Å². The Bertz CT molecular complexity index is 918. The van der Waals surface area contributed by atoms with E-state index in [0.717, 1.165) is 9.36 Å². The lowest BCUT2D eigenvalue weighted by molar-refractivity contribution is 0.0965. The summed E-state index contributed by atoms with van der Waals surface area (Å²) in [6.07, 6.45) is 0. The van der Waals surface area contributed by atoms with Gasteiger partial charge in [-0.3, -0.25) is 4.79 Å². The van der Waals surface area contributed by atoms with Crippen molar-refractivity contribution in [2.75, 3.05) is 0 Å². The average Bonchev–Trinajstić information content (AvgIpc) is 2.89. The second-order valence-corrected chi connectivity index (χ2v) is 5.12. The predicted molar refractivity (Wildman–Crippen MR) is 81.4 cm³/mol. The molecule has 0 fully saturated rings. The van der Waals surface area contributed by atoms with Gasteiger partial charge in [-0.05, 0) is 46.8 Å². The third-order valence-electron chi connectivity index (χ3n) is 3.18. The van der Waals surface area contributed by atoms with Gasteiger partial charge in [0, 0.05) is 5.56 Å². The van der Waals surface area contributed by atoms with Gasteiger partial charge in [-0.15, -0.1) is 0 Å². The van der Waals surface area contributed by atoms with Crippen LogP contribution in [0.5, 0.6) is 0 Å². The number of carbonyl (C=O) groups is 1. The molecule has 0 N–H and O–H groups in total. The molecule has 0 bridgehead atoms. The normalized spacial score (nSPS) is 10.7. The molecule has 8 heteroatoms. The first kappa shape index (κ1) is 15.1. The summed E-state index contributed by atoms with van der Waals surface area (Å²) in [4.78, 5) is 24.4. The van der Waals surface area contributed by atoms with E-state index >= 15 is 0 Å². The van der Waals surface area contributed by atoms with Crippen LogP contribution in [0.15, 0.2) is 53.3 Å². The largest absolute Gasteiger partial charge is 0.368 e. The highest BCUT2D eigenvalue weighted by molar-refractivity contribution is 6.32. The van der Waals surface area contributed by atoms with Crippen LogP contribution in [0.4, 0.5) is 4.39 Å². The molecule has 6 nitrogen and oxygen atoms in total. The lowest BCUT2D eigenvalue weighted by Crippen LogP contribution is -2.27. The first-order chi connectivity index (χ1) is 11.1. The summed E-state index contributed by atoms with van der Waals surface area (Å²) < 4.78 is 14.8. The number of ketones is 1. The van der Waals surface area contributed by atoms with Crippen LogP contribution < -0.4 is 5.69 Å². The molecule has 0 aliphatic carbocycles. The van der Waals surface area contributed by atoms with E-state index in [-0.39, 0.29) is 17.9 Å². The lowest BCUT2D eigenvalue weighted by atomic mass is 10.1. The van der Waals surface area contributed by atoms with Crippen LogP contribution in [-0.4, -0.2) is 25.6 Å². The third kappa shape index (κ3) is 3.04. The number of halogens is 2. The average molecular weight is 333 g/mol. The van der Waals surface area contributed by atoms with Gasteiger partial charge in [-0.1, -0.05) is 23.7 Å². The molecule has 0 amide bonds. The van der Waals surface area contributed by atoms with Crippen molar-refractivity contribution >= 4 is 17.4 Å². The number of rotatable bonds is 4. The summed E-state index contributed by atoms with van der Waals surface area (Å²) in [6, 6.07) is 11.7. The van der Waals surface area contributed by atoms with Crippen LogP contribution in [0, 0.1) is 5.82 Å². The smallest absolute Gasteiger partial charge is 0.292 e. The first-order valence-corrected chi connectivity index (χ1v) is 7.00. The molecule has 0 unspecified atom stereocenters. The van der Waals surface area contributed by atoms with Crippen molar-refractivity contribution in [2.45, 2.75) is 6.54 Å². The van der Waals surface area contributed by atoms with E-state index in [1.165, 1.54) is 24.3 Å². The number of benzene rings is 2. The minimum Gasteiger partial charge on any atom is -0.292 e. The molecule has 1 heterocycles. The third-order valence-corrected chi connectivity index (χ3v) is 3.50. The highest BCUT2D eigenvalue weighted by atomic mass is 35.5. The number of carbonyl (C=O) groups excluding carboxylic acids is 1. The topological polar surface area (TPSA) is 69.8 Å². The first-order valence-electron chi connectivity index (χ1n) is 6.63. The maximum Gasteiger partial charge on any atom is 0.368 e. The highest BCUT2D eigenvalue weighted by Crippen LogP contribution is 2.16. The molecule has 0 spiro atoms. The summed E-state index contributed by atoms with van der Waals surface area (Å²) in [5.41, 5.74) is 0.0683. The van der Waals surface area contributed by atoms with E-state index < -0.39 is 11.5 Å². The molecule has 23 heavy (non-hydrogen) atoms. The minimum atomic E-state index is -0.589. The van der Waals surface area contributed by atoms with Gasteiger partial charge in [0.1, 0.15) is 12.4 Å². The molecule has 0 radical (unpaired) electrons. The number of nitrogens with zero attached hydrogens (tertiary/aromatic N) is 4. The Morgan fingerprint density at radius 3 is 2.48 bits per heavy atom. The van der Waals surface area contributed by atoms with Crippen LogP contribution in [-0.2, 0) is 6.54 Å². The summed E-state index contributed by atoms with van der Waals surface area (Å²) in [5, 5.41) is 7.75. The molecule has 116 valence electrons. The molecule has 0 aliphatic rings. The fourth-order valence-electron chi connectivity index (χ4n) is 2.01. The number of para-hydroxylation sites is 1. The molecular weight excluding hydrogens is 323 g/mol. The van der Waals surface area contributed by atoms with Gasteiger partial charge >= 0.3 is 5.69 Å². The van der Waals surface area contributed by atoms with Gasteiger partial charge in [-0.25, -0.2) is 9.18 Å². The summed E-state index contributed by atoms with van der Waals surface area (Å²) >= 11 is 6.02. The van der Waals surface area contributed by atoms with Crippen LogP contribution in [0.3, 0.4) is 0 Å². The molecule has 0 saturated heterocycles. The molecule has 3 rings (SSSR count). The Kier molecular flexibility index (Phi) is 4.03. The van der Waals surface area contributed by atoms with Crippen molar-refractivity contribution in [3.63, 3.8) is 0 Å². The number of Topliss-reactive ketones (excluding diaryl/α,β-unsaturated/α-hetero) is 1. The number of hydrogen-bond donors (Lipinski definition) is 0. The Labute approximate surface area is 134 Å². The van der Waals surface area contributed by atoms with Crippen LogP contribution in [0.2, 0.25) is 5.02 Å². The summed E-state index contributed by atoms with van der Waals surface area (Å²) in [7, 11) is 0. The van der Waals surface area contributed by atoms with Gasteiger partial charge in [0.05, 0.1) is 10.7 Å². The quantitative estimate of drug-likeness (QED) is 0.686. The van der Waals surface area contributed by atoms with Gasteiger partial charge in [-0.2, -0.15) is 9.36 Å². The van der Waals surface area contributed by atoms with E-state index in [1.807, 2.05) is 0 Å². The van der Waals surface area contributed by atoms with Crippen LogP contribution >= 0.6 is 11.6 Å². The van der Waals surface area contributed by atoms with Gasteiger partial charge in [0.2, 0.25) is 0 Å². The number of hydrogen-bond acceptors (Lipinski definition) is 4. The maximum atomic E-state index is 12.9. The van der Waals surface area contributed by atoms with Crippen molar-refractivity contribution < 1.29 is 9.18 Å². The van der Waals surface area contributed by atoms with Crippen molar-refractivity contribution in [3.8, 4) is 5.69 Å². The molecule has 0 saturated carbocycles. The van der Waals surface area contributed by atoms with Crippen molar-refractivity contribution in [2.24, 2.45) is 0 Å². The van der Waals surface area contributed by atoms with E-state index in [4.69, 9.17) is 11.6 Å². The Balaban J connectivity index is 1.88. The Morgan fingerprint density at radius 1 is 1.09 bits per heavy atom. The predicted octanol–water partition coefficient (Wildman–Crippen LogP) is 2.10. The lowest BCUT2D eigenvalue weighted by Gasteiger charge is -2.01. The summed E-state index contributed by atoms with van der Waals surface area (Å²) in [5.74, 6) is -0.818. The monoisotopic (exact) mass is 332 g/mol. The zero-order valence-corrected chi connectivity index (χ0v) is 12.4. The Morgan fingerprint density at radius 2 is 1.78 bits per heavy atom. The van der Waals surface area contributed by atoms with E-state index in [1.54, 1.807) is 24.3 Å². The zero-order valence-electron chi connectivity index (χ0n) is 11.7. The molecular formula is C15H10ClFN4O2. The SMILES string of the molecule is O=C(Cn1nnn(-c2ccccc2Cl)c1=O)c1ccc(F)cc1. The zero-order chi connectivity index (χ0) is 16.4. The van der Waals surface area contributed by atoms with E-state index in [0.29, 0.717) is 10.7 Å². The standard InChI is InChI=1S/C15H10ClFN4O2/c16-12-3-1-2-4-13(12)21-15(23)20(18-19-21)9-14(22)10-5-7-11(17)8-6-10/h1-8H,9H2. The van der Waals surface area contributed by atoms with Gasteiger partial charge in [0.25, 0.3) is 0 Å². The summed E-state index contributed by atoms with van der Waals surface area (Å²) in [6.45, 7) is -0.297. The second kappa shape index (κ2) is 6.13. The molecule has 0 atom stereocenters. The second-order valence-electron chi connectivity index (χ2n) is 4.71. The van der Waals surface area contributed by atoms with Crippen molar-refractivity contribution in [1.82, 2.24) is 19.8 Å². The van der Waals surface area contributed by atoms with Crippen molar-refractivity contribution in [3.05, 3.63) is 75.4 Å². The molecule has 1 aromatic heterocycles. The number of aromatic nitrogens is 4. The minimum absolute atomic E-state index is 0.283. The molecule has 3 aromatic rings. The maximum absolute atomic E-state index is 12.9. The number of tetrazole rings is 1. The van der Waals surface area contributed by atoms with Gasteiger partial charge < -0.3 is 0 Å². The fraction of sp³-hybridized carbons (Fsp3) is 0.0667. The molecule has 2 aromatic carbocycles. The van der Waals surface area contributed by atoms with E-state index in [9.17, 15) is 14.0 Å². The van der Waals surface area contributed by atoms with E-state index in [2.05, 4.69) is 10.4 Å². The van der Waals surface area contributed by atoms with Crippen molar-refractivity contribution in [1.29, 1.82) is 0 Å². The van der Waals surface area contributed by atoms with Gasteiger partial charge in [0.15, 0.2) is 5.78 Å². The molecule has 0 aliphatic heterocycles. The highest BCUT2D eigenvalue weighted by Gasteiger charge is 2.15. The van der Waals surface area contributed by atoms with Crippen LogP contribution in [0.1, 0.15) is 10.4 Å². The Hall–Kier alpha value is -2.80.